The van der Waals surface area contributed by atoms with Crippen molar-refractivity contribution in [2.45, 2.75) is 32.6 Å². The summed E-state index contributed by atoms with van der Waals surface area (Å²) in [6.45, 7) is 8.46. The number of sulfonamides is 1. The van der Waals surface area contributed by atoms with Gasteiger partial charge in [0.2, 0.25) is 10.0 Å². The number of rotatable bonds is 5. The number of nitrogens with two attached hydrogens (primary N) is 1. The Morgan fingerprint density at radius 2 is 1.95 bits per heavy atom. The molecule has 0 fully saturated rings. The van der Waals surface area contributed by atoms with Gasteiger partial charge in [-0.25, -0.2) is 17.9 Å². The first-order valence-electron chi connectivity index (χ1n) is 6.55. The van der Waals surface area contributed by atoms with Gasteiger partial charge < -0.3 is 5.32 Å². The van der Waals surface area contributed by atoms with E-state index >= 15 is 0 Å². The van der Waals surface area contributed by atoms with Gasteiger partial charge >= 0.3 is 0 Å². The molecule has 0 aromatic heterocycles. The van der Waals surface area contributed by atoms with E-state index in [1.54, 1.807) is 0 Å². The molecular weight excluding hydrogens is 295 g/mol. The molecule has 0 aliphatic carbocycles. The smallest absolute Gasteiger partial charge is 0.254 e. The first-order chi connectivity index (χ1) is 9.45. The molecule has 0 heterocycles. The Morgan fingerprint density at radius 3 is 2.38 bits per heavy atom. The fraction of sp³-hybridized carbons (Fsp3) is 0.500. The fourth-order valence-electron chi connectivity index (χ4n) is 1.46. The van der Waals surface area contributed by atoms with Crippen molar-refractivity contribution in [2.75, 3.05) is 6.54 Å². The molecule has 0 atom stereocenters. The summed E-state index contributed by atoms with van der Waals surface area (Å²) in [6, 6.07) is 2.98. The molecular formula is C14H21FN2O3S. The van der Waals surface area contributed by atoms with Crippen LogP contribution in [-0.2, 0) is 10.0 Å². The average molecular weight is 316 g/mol. The third-order valence-electron chi connectivity index (χ3n) is 3.78. The molecule has 0 saturated heterocycles. The second kappa shape index (κ2) is 6.11. The summed E-state index contributed by atoms with van der Waals surface area (Å²) in [5.74, 6) is -1.16. The first-order valence-corrected chi connectivity index (χ1v) is 8.10. The molecule has 0 bridgehead atoms. The van der Waals surface area contributed by atoms with Crippen LogP contribution in [0.5, 0.6) is 0 Å². The van der Waals surface area contributed by atoms with Crippen LogP contribution in [-0.4, -0.2) is 20.9 Å². The Balaban J connectivity index is 2.90. The predicted octanol–water partition coefficient (Wildman–Crippen LogP) is 1.89. The number of halogens is 1. The topological polar surface area (TPSA) is 89.3 Å². The molecule has 3 N–H and O–H groups in total. The standard InChI is InChI=1S/C14H21FN2O3S/c1-9(2)14(3,4)8-17-13(18)11-6-5-10(7-12(11)15)21(16,19)20/h5-7,9H,8H2,1-4H3,(H,17,18)(H2,16,19,20). The molecule has 5 nitrogen and oxygen atoms in total. The maximum Gasteiger partial charge on any atom is 0.254 e. The molecule has 0 aliphatic rings. The summed E-state index contributed by atoms with van der Waals surface area (Å²) in [5.41, 5.74) is -0.339. The van der Waals surface area contributed by atoms with Crippen LogP contribution in [0.25, 0.3) is 0 Å². The molecule has 0 spiro atoms. The highest BCUT2D eigenvalue weighted by atomic mass is 32.2. The number of amides is 1. The van der Waals surface area contributed by atoms with E-state index in [1.807, 2.05) is 27.7 Å². The van der Waals surface area contributed by atoms with E-state index < -0.39 is 21.7 Å². The molecule has 7 heteroatoms. The number of hydrogen-bond acceptors (Lipinski definition) is 3. The van der Waals surface area contributed by atoms with Gasteiger partial charge in [0, 0.05) is 6.54 Å². The second-order valence-electron chi connectivity index (χ2n) is 6.01. The lowest BCUT2D eigenvalue weighted by Crippen LogP contribution is -2.37. The van der Waals surface area contributed by atoms with Gasteiger partial charge in [-0.05, 0) is 29.5 Å². The number of primary sulfonamides is 1. The Bertz CT molecular complexity index is 640. The van der Waals surface area contributed by atoms with Crippen LogP contribution in [0.1, 0.15) is 38.1 Å². The van der Waals surface area contributed by atoms with Crippen molar-refractivity contribution in [1.29, 1.82) is 0 Å². The maximum atomic E-state index is 13.8. The van der Waals surface area contributed by atoms with Crippen molar-refractivity contribution in [3.8, 4) is 0 Å². The molecule has 0 radical (unpaired) electrons. The lowest BCUT2D eigenvalue weighted by Gasteiger charge is -2.29. The zero-order chi connectivity index (χ0) is 16.4. The lowest BCUT2D eigenvalue weighted by atomic mass is 9.81. The van der Waals surface area contributed by atoms with Gasteiger partial charge in [0.1, 0.15) is 5.82 Å². The van der Waals surface area contributed by atoms with E-state index in [0.717, 1.165) is 18.2 Å². The molecule has 0 saturated carbocycles. The van der Waals surface area contributed by atoms with Gasteiger partial charge in [0.05, 0.1) is 10.5 Å². The summed E-state index contributed by atoms with van der Waals surface area (Å²) in [5, 5.41) is 7.57. The monoisotopic (exact) mass is 316 g/mol. The Morgan fingerprint density at radius 1 is 1.38 bits per heavy atom. The molecule has 0 aliphatic heterocycles. The van der Waals surface area contributed by atoms with Gasteiger partial charge in [0.25, 0.3) is 5.91 Å². The van der Waals surface area contributed by atoms with Gasteiger partial charge in [-0.15, -0.1) is 0 Å². The summed E-state index contributed by atoms with van der Waals surface area (Å²) in [7, 11) is -3.99. The van der Waals surface area contributed by atoms with E-state index in [0.29, 0.717) is 12.5 Å². The fourth-order valence-corrected chi connectivity index (χ4v) is 1.99. The van der Waals surface area contributed by atoms with Crippen molar-refractivity contribution >= 4 is 15.9 Å². The van der Waals surface area contributed by atoms with Gasteiger partial charge in [0.15, 0.2) is 0 Å². The van der Waals surface area contributed by atoms with Crippen molar-refractivity contribution < 1.29 is 17.6 Å². The average Bonchev–Trinajstić information content (AvgIpc) is 2.34. The van der Waals surface area contributed by atoms with Crippen LogP contribution < -0.4 is 10.5 Å². The number of carbonyl (C=O) groups is 1. The van der Waals surface area contributed by atoms with Crippen LogP contribution in [0.2, 0.25) is 0 Å². The zero-order valence-electron chi connectivity index (χ0n) is 12.6. The van der Waals surface area contributed by atoms with Crippen molar-refractivity contribution in [3.05, 3.63) is 29.6 Å². The molecule has 21 heavy (non-hydrogen) atoms. The Kier molecular flexibility index (Phi) is 5.11. The number of benzene rings is 1. The van der Waals surface area contributed by atoms with E-state index in [-0.39, 0.29) is 15.9 Å². The summed E-state index contributed by atoms with van der Waals surface area (Å²) in [6.07, 6.45) is 0. The van der Waals surface area contributed by atoms with Crippen molar-refractivity contribution in [3.63, 3.8) is 0 Å². The third-order valence-corrected chi connectivity index (χ3v) is 4.69. The highest BCUT2D eigenvalue weighted by molar-refractivity contribution is 7.89. The van der Waals surface area contributed by atoms with Gasteiger partial charge in [-0.1, -0.05) is 27.7 Å². The largest absolute Gasteiger partial charge is 0.351 e. The Labute approximate surface area is 124 Å². The number of carbonyl (C=O) groups excluding carboxylic acids is 1. The third kappa shape index (κ3) is 4.50. The predicted molar refractivity (Wildman–Crippen MR) is 78.7 cm³/mol. The Hall–Kier alpha value is -1.47. The van der Waals surface area contributed by atoms with Crippen LogP contribution in [0, 0.1) is 17.2 Å². The van der Waals surface area contributed by atoms with Crippen LogP contribution in [0.15, 0.2) is 23.1 Å². The molecule has 1 aromatic rings. The quantitative estimate of drug-likeness (QED) is 0.869. The van der Waals surface area contributed by atoms with E-state index in [9.17, 15) is 17.6 Å². The minimum atomic E-state index is -3.99. The minimum Gasteiger partial charge on any atom is -0.351 e. The van der Waals surface area contributed by atoms with Crippen LogP contribution in [0.3, 0.4) is 0 Å². The number of nitrogens with one attached hydrogen (secondary N) is 1. The summed E-state index contributed by atoms with van der Waals surface area (Å²) in [4.78, 5) is 11.6. The van der Waals surface area contributed by atoms with E-state index in [1.165, 1.54) is 0 Å². The first kappa shape index (κ1) is 17.6. The highest BCUT2D eigenvalue weighted by Gasteiger charge is 2.24. The van der Waals surface area contributed by atoms with E-state index in [4.69, 9.17) is 5.14 Å². The van der Waals surface area contributed by atoms with E-state index in [2.05, 4.69) is 5.32 Å². The molecule has 1 aromatic carbocycles. The summed E-state index contributed by atoms with van der Waals surface area (Å²) < 4.78 is 36.0. The molecule has 118 valence electrons. The van der Waals surface area contributed by atoms with Crippen molar-refractivity contribution in [1.82, 2.24) is 5.32 Å². The number of hydrogen-bond donors (Lipinski definition) is 2. The minimum absolute atomic E-state index is 0.132. The lowest BCUT2D eigenvalue weighted by molar-refractivity contribution is 0.0920. The summed E-state index contributed by atoms with van der Waals surface area (Å²) >= 11 is 0. The van der Waals surface area contributed by atoms with Gasteiger partial charge in [-0.2, -0.15) is 0 Å². The van der Waals surface area contributed by atoms with Crippen LogP contribution >= 0.6 is 0 Å². The second-order valence-corrected chi connectivity index (χ2v) is 7.57. The highest BCUT2D eigenvalue weighted by Crippen LogP contribution is 2.25. The van der Waals surface area contributed by atoms with Crippen LogP contribution in [0.4, 0.5) is 4.39 Å². The zero-order valence-corrected chi connectivity index (χ0v) is 13.4. The maximum absolute atomic E-state index is 13.8. The molecule has 1 amide bonds. The SMILES string of the molecule is CC(C)C(C)(C)CNC(=O)c1ccc(S(N)(=O)=O)cc1F. The van der Waals surface area contributed by atoms with Crippen molar-refractivity contribution in [2.24, 2.45) is 16.5 Å². The normalized spacial score (nSPS) is 12.5. The molecule has 1 rings (SSSR count). The molecule has 0 unspecified atom stereocenters. The van der Waals surface area contributed by atoms with Gasteiger partial charge in [-0.3, -0.25) is 4.79 Å².